The quantitative estimate of drug-likeness (QED) is 0.606. The number of nitrogens with one attached hydrogen (secondary N) is 1. The van der Waals surface area contributed by atoms with Crippen molar-refractivity contribution in [2.24, 2.45) is 5.92 Å². The maximum absolute atomic E-state index is 3.49. The largest absolute Gasteiger partial charge is 0.315 e. The summed E-state index contributed by atoms with van der Waals surface area (Å²) in [7, 11) is 0. The van der Waals surface area contributed by atoms with Crippen LogP contribution in [0.5, 0.6) is 0 Å². The third-order valence-electron chi connectivity index (χ3n) is 2.60. The van der Waals surface area contributed by atoms with Crippen LogP contribution in [0.15, 0.2) is 0 Å². The number of nitrogens with zero attached hydrogens (tertiary/aromatic N) is 1. The van der Waals surface area contributed by atoms with Crippen molar-refractivity contribution >= 4 is 0 Å². The van der Waals surface area contributed by atoms with E-state index in [2.05, 4.69) is 31.0 Å². The first-order valence-electron chi connectivity index (χ1n) is 5.68. The highest BCUT2D eigenvalue weighted by molar-refractivity contribution is 4.83. The van der Waals surface area contributed by atoms with Crippen molar-refractivity contribution in [3.05, 3.63) is 0 Å². The van der Waals surface area contributed by atoms with E-state index >= 15 is 0 Å². The Kier molecular flexibility index (Phi) is 4.74. The smallest absolute Gasteiger partial charge is 0.0110 e. The van der Waals surface area contributed by atoms with Crippen LogP contribution in [0.25, 0.3) is 0 Å². The highest BCUT2D eigenvalue weighted by Crippen LogP contribution is 2.25. The fraction of sp³-hybridized carbons (Fsp3) is 1.00. The molecule has 0 unspecified atom stereocenters. The average Bonchev–Trinajstić information content (AvgIpc) is 2.87. The standard InChI is InChI=1S/C11H24N2/c1-4-13(11-5-6-11)8-7-12-9-10(2)3/h10-12H,4-9H2,1-3H3. The minimum absolute atomic E-state index is 0.774. The third kappa shape index (κ3) is 4.63. The van der Waals surface area contributed by atoms with Gasteiger partial charge in [-0.1, -0.05) is 20.8 Å². The maximum Gasteiger partial charge on any atom is 0.0110 e. The van der Waals surface area contributed by atoms with Crippen LogP contribution in [0, 0.1) is 5.92 Å². The van der Waals surface area contributed by atoms with Crippen molar-refractivity contribution in [1.29, 1.82) is 0 Å². The molecule has 1 saturated carbocycles. The Balaban J connectivity index is 1.96. The Bertz CT molecular complexity index is 130. The molecule has 13 heavy (non-hydrogen) atoms. The SMILES string of the molecule is CCN(CCNCC(C)C)C1CC1. The number of rotatable bonds is 7. The van der Waals surface area contributed by atoms with E-state index in [4.69, 9.17) is 0 Å². The summed E-state index contributed by atoms with van der Waals surface area (Å²) in [6.07, 6.45) is 2.86. The molecule has 0 radical (unpaired) electrons. The molecular formula is C11H24N2. The first-order chi connectivity index (χ1) is 6.24. The zero-order valence-electron chi connectivity index (χ0n) is 9.34. The molecule has 0 saturated heterocycles. The summed E-state index contributed by atoms with van der Waals surface area (Å²) >= 11 is 0. The Hall–Kier alpha value is -0.0800. The van der Waals surface area contributed by atoms with Gasteiger partial charge < -0.3 is 5.32 Å². The van der Waals surface area contributed by atoms with Gasteiger partial charge in [0.2, 0.25) is 0 Å². The Labute approximate surface area is 82.7 Å². The molecule has 1 aliphatic rings. The lowest BCUT2D eigenvalue weighted by molar-refractivity contribution is 0.275. The normalized spacial score (nSPS) is 17.3. The minimum atomic E-state index is 0.774. The predicted molar refractivity (Wildman–Crippen MR) is 58.0 cm³/mol. The van der Waals surface area contributed by atoms with E-state index in [9.17, 15) is 0 Å². The van der Waals surface area contributed by atoms with Gasteiger partial charge in [-0.3, -0.25) is 4.90 Å². The van der Waals surface area contributed by atoms with Crippen LogP contribution in [-0.2, 0) is 0 Å². The molecule has 0 aromatic heterocycles. The Morgan fingerprint density at radius 1 is 1.38 bits per heavy atom. The van der Waals surface area contributed by atoms with Crippen LogP contribution in [0.4, 0.5) is 0 Å². The van der Waals surface area contributed by atoms with E-state index in [1.807, 2.05) is 0 Å². The molecule has 0 aromatic carbocycles. The summed E-state index contributed by atoms with van der Waals surface area (Å²) in [5, 5.41) is 3.49. The number of hydrogen-bond donors (Lipinski definition) is 1. The molecule has 0 atom stereocenters. The van der Waals surface area contributed by atoms with Crippen molar-refractivity contribution < 1.29 is 0 Å². The first kappa shape index (κ1) is 11.0. The molecule has 2 heteroatoms. The van der Waals surface area contributed by atoms with Crippen LogP contribution in [-0.4, -0.2) is 37.1 Å². The predicted octanol–water partition coefficient (Wildman–Crippen LogP) is 1.72. The first-order valence-corrected chi connectivity index (χ1v) is 5.68. The second-order valence-corrected chi connectivity index (χ2v) is 4.46. The van der Waals surface area contributed by atoms with Crippen molar-refractivity contribution in [1.82, 2.24) is 10.2 Å². The van der Waals surface area contributed by atoms with Gasteiger partial charge in [0.05, 0.1) is 0 Å². The monoisotopic (exact) mass is 184 g/mol. The van der Waals surface area contributed by atoms with Gasteiger partial charge in [0.1, 0.15) is 0 Å². The molecule has 1 N–H and O–H groups in total. The molecule has 1 fully saturated rings. The molecule has 0 bridgehead atoms. The van der Waals surface area contributed by atoms with Crippen molar-refractivity contribution in [3.63, 3.8) is 0 Å². The maximum atomic E-state index is 3.49. The summed E-state index contributed by atoms with van der Waals surface area (Å²) in [5.74, 6) is 0.774. The molecule has 0 amide bonds. The van der Waals surface area contributed by atoms with Crippen molar-refractivity contribution in [2.75, 3.05) is 26.2 Å². The lowest BCUT2D eigenvalue weighted by atomic mass is 10.2. The fourth-order valence-corrected chi connectivity index (χ4v) is 1.65. The molecule has 1 aliphatic carbocycles. The van der Waals surface area contributed by atoms with Crippen molar-refractivity contribution in [3.8, 4) is 0 Å². The molecule has 1 rings (SSSR count). The minimum Gasteiger partial charge on any atom is -0.315 e. The molecule has 2 nitrogen and oxygen atoms in total. The van der Waals surface area contributed by atoms with Crippen LogP contribution < -0.4 is 5.32 Å². The third-order valence-corrected chi connectivity index (χ3v) is 2.60. The summed E-state index contributed by atoms with van der Waals surface area (Å²) in [5.41, 5.74) is 0. The summed E-state index contributed by atoms with van der Waals surface area (Å²) < 4.78 is 0. The topological polar surface area (TPSA) is 15.3 Å². The van der Waals surface area contributed by atoms with Gasteiger partial charge in [0.25, 0.3) is 0 Å². The second-order valence-electron chi connectivity index (χ2n) is 4.46. The van der Waals surface area contributed by atoms with E-state index in [0.29, 0.717) is 0 Å². The van der Waals surface area contributed by atoms with Gasteiger partial charge >= 0.3 is 0 Å². The summed E-state index contributed by atoms with van der Waals surface area (Å²) in [6.45, 7) is 11.5. The summed E-state index contributed by atoms with van der Waals surface area (Å²) in [4.78, 5) is 2.59. The second kappa shape index (κ2) is 5.61. The van der Waals surface area contributed by atoms with Gasteiger partial charge in [-0.2, -0.15) is 0 Å². The van der Waals surface area contributed by atoms with E-state index in [0.717, 1.165) is 25.0 Å². The lowest BCUT2D eigenvalue weighted by Gasteiger charge is -2.20. The molecule has 0 heterocycles. The van der Waals surface area contributed by atoms with E-state index in [1.54, 1.807) is 0 Å². The highest BCUT2D eigenvalue weighted by Gasteiger charge is 2.26. The highest BCUT2D eigenvalue weighted by atomic mass is 15.2. The molecule has 0 aliphatic heterocycles. The molecule has 78 valence electrons. The molecular weight excluding hydrogens is 160 g/mol. The Morgan fingerprint density at radius 2 is 2.08 bits per heavy atom. The van der Waals surface area contributed by atoms with Crippen LogP contribution >= 0.6 is 0 Å². The fourth-order valence-electron chi connectivity index (χ4n) is 1.65. The lowest BCUT2D eigenvalue weighted by Crippen LogP contribution is -2.34. The summed E-state index contributed by atoms with van der Waals surface area (Å²) in [6, 6.07) is 0.922. The van der Waals surface area contributed by atoms with Gasteiger partial charge in [-0.25, -0.2) is 0 Å². The Morgan fingerprint density at radius 3 is 2.54 bits per heavy atom. The van der Waals surface area contributed by atoms with Gasteiger partial charge in [-0.05, 0) is 31.8 Å². The van der Waals surface area contributed by atoms with E-state index in [-0.39, 0.29) is 0 Å². The van der Waals surface area contributed by atoms with Crippen molar-refractivity contribution in [2.45, 2.75) is 39.7 Å². The van der Waals surface area contributed by atoms with Crippen LogP contribution in [0.2, 0.25) is 0 Å². The van der Waals surface area contributed by atoms with E-state index in [1.165, 1.54) is 25.9 Å². The number of hydrogen-bond acceptors (Lipinski definition) is 2. The number of likely N-dealkylation sites (N-methyl/N-ethyl adjacent to an activating group) is 1. The average molecular weight is 184 g/mol. The molecule has 0 spiro atoms. The van der Waals surface area contributed by atoms with Crippen LogP contribution in [0.1, 0.15) is 33.6 Å². The zero-order chi connectivity index (χ0) is 9.68. The van der Waals surface area contributed by atoms with E-state index < -0.39 is 0 Å². The zero-order valence-corrected chi connectivity index (χ0v) is 9.34. The molecule has 0 aromatic rings. The van der Waals surface area contributed by atoms with Gasteiger partial charge in [-0.15, -0.1) is 0 Å². The van der Waals surface area contributed by atoms with Gasteiger partial charge in [0.15, 0.2) is 0 Å². The van der Waals surface area contributed by atoms with Gasteiger partial charge in [0, 0.05) is 19.1 Å². The van der Waals surface area contributed by atoms with Crippen LogP contribution in [0.3, 0.4) is 0 Å².